The molecule has 3 aromatic carbocycles. The Kier molecular flexibility index (Phi) is 6.89. The molecule has 3 heterocycles. The van der Waals surface area contributed by atoms with E-state index in [1.54, 1.807) is 21.3 Å². The van der Waals surface area contributed by atoms with E-state index in [9.17, 15) is 4.79 Å². The van der Waals surface area contributed by atoms with Crippen LogP contribution in [0.25, 0.3) is 0 Å². The van der Waals surface area contributed by atoms with E-state index >= 15 is 0 Å². The summed E-state index contributed by atoms with van der Waals surface area (Å²) in [4.78, 5) is 13.5. The van der Waals surface area contributed by atoms with Crippen molar-refractivity contribution >= 4 is 23.3 Å². The zero-order valence-electron chi connectivity index (χ0n) is 23.7. The summed E-state index contributed by atoms with van der Waals surface area (Å²) in [5, 5.41) is 12.9. The lowest BCUT2D eigenvalue weighted by molar-refractivity contribution is -0.141. The minimum atomic E-state index is -0.516. The van der Waals surface area contributed by atoms with Crippen LogP contribution in [0.4, 0.5) is 5.69 Å². The Morgan fingerprint density at radius 1 is 0.977 bits per heavy atom. The summed E-state index contributed by atoms with van der Waals surface area (Å²) in [6, 6.07) is 14.9. The van der Waals surface area contributed by atoms with Gasteiger partial charge in [-0.05, 0) is 59.2 Å². The van der Waals surface area contributed by atoms with Crippen LogP contribution in [0.2, 0.25) is 5.02 Å². The van der Waals surface area contributed by atoms with E-state index in [0.717, 1.165) is 28.1 Å². The number of nitrogens with one attached hydrogen (secondary N) is 1. The average molecular weight is 605 g/mol. The van der Waals surface area contributed by atoms with Crippen molar-refractivity contribution in [2.45, 2.75) is 18.5 Å². The first kappa shape index (κ1) is 27.2. The number of carbonyl (C=O) groups excluding carboxylic acids is 1. The molecule has 11 nitrogen and oxygen atoms in total. The van der Waals surface area contributed by atoms with Crippen molar-refractivity contribution in [3.8, 4) is 28.7 Å². The Morgan fingerprint density at radius 3 is 2.42 bits per heavy atom. The molecule has 0 unspecified atom stereocenters. The van der Waals surface area contributed by atoms with Gasteiger partial charge in [-0.15, -0.1) is 5.10 Å². The molecule has 0 radical (unpaired) electrons. The molecule has 1 fully saturated rings. The monoisotopic (exact) mass is 604 g/mol. The molecule has 0 spiro atoms. The zero-order valence-corrected chi connectivity index (χ0v) is 24.5. The first-order valence-electron chi connectivity index (χ1n) is 13.8. The van der Waals surface area contributed by atoms with E-state index in [-0.39, 0.29) is 37.2 Å². The van der Waals surface area contributed by atoms with Crippen molar-refractivity contribution in [2.75, 3.05) is 40.0 Å². The number of carbonyl (C=O) groups is 1. The molecular weight excluding hydrogens is 576 g/mol. The number of ether oxygens (including phenoxy) is 6. The van der Waals surface area contributed by atoms with E-state index in [1.165, 1.54) is 0 Å². The van der Waals surface area contributed by atoms with Crippen LogP contribution in [0.5, 0.6) is 28.7 Å². The number of anilines is 1. The third-order valence-corrected chi connectivity index (χ3v) is 8.57. The molecule has 0 bridgehead atoms. The van der Waals surface area contributed by atoms with Gasteiger partial charge in [0.2, 0.25) is 12.5 Å². The molecule has 1 N–H and O–H groups in total. The Bertz CT molecular complexity index is 1680. The molecule has 7 rings (SSSR count). The van der Waals surface area contributed by atoms with Crippen molar-refractivity contribution in [1.29, 1.82) is 0 Å². The maximum Gasteiger partial charge on any atom is 0.310 e. The molecule has 4 atom stereocenters. The van der Waals surface area contributed by atoms with Crippen LogP contribution in [0.15, 0.2) is 54.7 Å². The molecule has 0 amide bonds. The number of esters is 1. The highest BCUT2D eigenvalue weighted by Gasteiger charge is 2.53. The van der Waals surface area contributed by atoms with E-state index < -0.39 is 5.92 Å². The summed E-state index contributed by atoms with van der Waals surface area (Å²) in [6.45, 7) is 0.798. The van der Waals surface area contributed by atoms with Crippen LogP contribution in [0.1, 0.15) is 34.3 Å². The van der Waals surface area contributed by atoms with Crippen LogP contribution in [0, 0.1) is 11.8 Å². The van der Waals surface area contributed by atoms with Gasteiger partial charge in [0.15, 0.2) is 23.0 Å². The number of aromatic nitrogens is 3. The van der Waals surface area contributed by atoms with Gasteiger partial charge in [0.05, 0.1) is 52.6 Å². The van der Waals surface area contributed by atoms with Crippen molar-refractivity contribution in [2.24, 2.45) is 11.8 Å². The van der Waals surface area contributed by atoms with Gasteiger partial charge >= 0.3 is 5.97 Å². The van der Waals surface area contributed by atoms with E-state index in [4.69, 9.17) is 40.0 Å². The average Bonchev–Trinajstić information content (AvgIpc) is 3.77. The molecule has 3 aliphatic rings. The first-order chi connectivity index (χ1) is 21.0. The minimum absolute atomic E-state index is 0.120. The SMILES string of the molecule is COc1cc([C@@H]2c3cc4c(cc3[C@@H](n3cc(CNc5cccc(Cl)c5)nn3)[C@H]3COC(=O)[C@H]23)OCO4)cc(OC)c1OC. The van der Waals surface area contributed by atoms with Crippen LogP contribution in [-0.4, -0.2) is 55.7 Å². The molecule has 0 saturated carbocycles. The normalized spacial score (nSPS) is 21.5. The number of hydrogen-bond acceptors (Lipinski definition) is 10. The van der Waals surface area contributed by atoms with E-state index in [0.29, 0.717) is 40.3 Å². The summed E-state index contributed by atoms with van der Waals surface area (Å²) in [7, 11) is 4.70. The molecule has 222 valence electrons. The van der Waals surface area contributed by atoms with E-state index in [2.05, 4.69) is 15.6 Å². The van der Waals surface area contributed by atoms with Gasteiger partial charge in [0, 0.05) is 22.5 Å². The van der Waals surface area contributed by atoms with Gasteiger partial charge in [-0.2, -0.15) is 0 Å². The van der Waals surface area contributed by atoms with Gasteiger partial charge < -0.3 is 33.7 Å². The molecule has 4 aromatic rings. The van der Waals surface area contributed by atoms with Gasteiger partial charge in [-0.1, -0.05) is 22.9 Å². The lowest BCUT2D eigenvalue weighted by Crippen LogP contribution is -2.37. The van der Waals surface area contributed by atoms with Gasteiger partial charge in [0.1, 0.15) is 5.69 Å². The van der Waals surface area contributed by atoms with Crippen molar-refractivity contribution < 1.29 is 33.2 Å². The Balaban J connectivity index is 1.33. The predicted molar refractivity (Wildman–Crippen MR) is 155 cm³/mol. The van der Waals surface area contributed by atoms with Crippen LogP contribution in [0.3, 0.4) is 0 Å². The maximum atomic E-state index is 13.5. The third-order valence-electron chi connectivity index (χ3n) is 8.34. The molecule has 1 aliphatic carbocycles. The lowest BCUT2D eigenvalue weighted by atomic mass is 9.65. The van der Waals surface area contributed by atoms with E-state index in [1.807, 2.05) is 59.4 Å². The fourth-order valence-corrected chi connectivity index (χ4v) is 6.67. The number of nitrogens with zero attached hydrogens (tertiary/aromatic N) is 3. The molecule has 12 heteroatoms. The largest absolute Gasteiger partial charge is 0.493 e. The zero-order chi connectivity index (χ0) is 29.7. The number of rotatable bonds is 8. The summed E-state index contributed by atoms with van der Waals surface area (Å²) >= 11 is 6.14. The highest BCUT2D eigenvalue weighted by molar-refractivity contribution is 6.30. The summed E-state index contributed by atoms with van der Waals surface area (Å²) in [6.07, 6.45) is 1.90. The molecule has 1 aromatic heterocycles. The predicted octanol–water partition coefficient (Wildman–Crippen LogP) is 4.82. The molecule has 43 heavy (non-hydrogen) atoms. The van der Waals surface area contributed by atoms with Crippen LogP contribution >= 0.6 is 11.6 Å². The second kappa shape index (κ2) is 10.9. The number of fused-ring (bicyclic) bond motifs is 3. The fraction of sp³-hybridized carbons (Fsp3) is 0.323. The molecule has 2 aliphatic heterocycles. The van der Waals surface area contributed by atoms with Gasteiger partial charge in [-0.25, -0.2) is 4.68 Å². The quantitative estimate of drug-likeness (QED) is 0.281. The lowest BCUT2D eigenvalue weighted by Gasteiger charge is -2.39. The Labute approximate surface area is 252 Å². The van der Waals surface area contributed by atoms with Gasteiger partial charge in [0.25, 0.3) is 0 Å². The number of benzene rings is 3. The molecule has 1 saturated heterocycles. The standard InChI is InChI=1S/C31H29ClN4O7/c1-38-25-7-16(8-26(39-2)30(25)40-3)27-20-10-23-24(43-15-42-23)11-21(20)29(22-14-41-31(37)28(22)27)36-13-19(34-35-36)12-33-18-6-4-5-17(32)9-18/h4-11,13,22,27-29,33H,12,14-15H2,1-3H3/t22-,27+,28-,29+/m0/s1. The maximum absolute atomic E-state index is 13.5. The van der Waals surface area contributed by atoms with Crippen LogP contribution in [-0.2, 0) is 16.1 Å². The van der Waals surface area contributed by atoms with Crippen LogP contribution < -0.4 is 29.0 Å². The Hall–Kier alpha value is -4.64. The number of hydrogen-bond donors (Lipinski definition) is 1. The van der Waals surface area contributed by atoms with Gasteiger partial charge in [-0.3, -0.25) is 4.79 Å². The Morgan fingerprint density at radius 2 is 1.72 bits per heavy atom. The highest BCUT2D eigenvalue weighted by Crippen LogP contribution is 2.56. The minimum Gasteiger partial charge on any atom is -0.493 e. The smallest absolute Gasteiger partial charge is 0.310 e. The molecular formula is C31H29ClN4O7. The topological polar surface area (TPSA) is 115 Å². The van der Waals surface area contributed by atoms with Crippen molar-refractivity contribution in [3.63, 3.8) is 0 Å². The second-order valence-electron chi connectivity index (χ2n) is 10.6. The number of halogens is 1. The third kappa shape index (κ3) is 4.64. The highest BCUT2D eigenvalue weighted by atomic mass is 35.5. The first-order valence-corrected chi connectivity index (χ1v) is 14.2. The fourth-order valence-electron chi connectivity index (χ4n) is 6.47. The second-order valence-corrected chi connectivity index (χ2v) is 11.0. The summed E-state index contributed by atoms with van der Waals surface area (Å²) in [5.41, 5.74) is 4.28. The van der Waals surface area contributed by atoms with Crippen molar-refractivity contribution in [3.05, 3.63) is 82.1 Å². The summed E-state index contributed by atoms with van der Waals surface area (Å²) in [5.74, 6) is 1.30. The number of methoxy groups -OCH3 is 3. The number of cyclic esters (lactones) is 1. The summed E-state index contributed by atoms with van der Waals surface area (Å²) < 4.78 is 36.0. The van der Waals surface area contributed by atoms with Crippen molar-refractivity contribution in [1.82, 2.24) is 15.0 Å².